The van der Waals surface area contributed by atoms with Crippen LogP contribution in [0, 0.1) is 12.7 Å². The fourth-order valence-electron chi connectivity index (χ4n) is 2.03. The van der Waals surface area contributed by atoms with E-state index in [0.29, 0.717) is 23.4 Å². The molecule has 0 aliphatic rings. The van der Waals surface area contributed by atoms with Crippen molar-refractivity contribution < 1.29 is 9.50 Å². The third kappa shape index (κ3) is 3.09. The summed E-state index contributed by atoms with van der Waals surface area (Å²) >= 11 is 0. The summed E-state index contributed by atoms with van der Waals surface area (Å²) < 4.78 is 13.6. The summed E-state index contributed by atoms with van der Waals surface area (Å²) in [6.45, 7) is 3.35. The van der Waals surface area contributed by atoms with Gasteiger partial charge in [-0.2, -0.15) is 0 Å². The van der Waals surface area contributed by atoms with Crippen LogP contribution in [-0.2, 0) is 12.0 Å². The number of aromatic nitrogens is 1. The van der Waals surface area contributed by atoms with Crippen molar-refractivity contribution in [3.05, 3.63) is 59.0 Å². The maximum absolute atomic E-state index is 13.6. The SMILES string of the molecule is Cc1ccc(C(C)(O)Cc2ccnc(N)c2)cc1F. The number of aryl methyl sites for hydroxylation is 1. The third-order valence-electron chi connectivity index (χ3n) is 3.19. The lowest BCUT2D eigenvalue weighted by atomic mass is 9.89. The predicted molar refractivity (Wildman–Crippen MR) is 73.1 cm³/mol. The van der Waals surface area contributed by atoms with Crippen molar-refractivity contribution in [3.8, 4) is 0 Å². The molecule has 2 aromatic rings. The van der Waals surface area contributed by atoms with Crippen molar-refractivity contribution in [2.45, 2.75) is 25.9 Å². The maximum atomic E-state index is 13.6. The molecule has 3 N–H and O–H groups in total. The van der Waals surface area contributed by atoms with Crippen LogP contribution >= 0.6 is 0 Å². The number of anilines is 1. The van der Waals surface area contributed by atoms with Crippen LogP contribution in [0.15, 0.2) is 36.5 Å². The molecule has 0 fully saturated rings. The van der Waals surface area contributed by atoms with Gasteiger partial charge in [-0.3, -0.25) is 0 Å². The van der Waals surface area contributed by atoms with E-state index in [1.54, 1.807) is 44.3 Å². The number of nitrogens with two attached hydrogens (primary N) is 1. The molecule has 0 saturated carbocycles. The summed E-state index contributed by atoms with van der Waals surface area (Å²) in [6.07, 6.45) is 1.94. The fourth-order valence-corrected chi connectivity index (χ4v) is 2.03. The summed E-state index contributed by atoms with van der Waals surface area (Å²) in [5.74, 6) is 0.0930. The van der Waals surface area contributed by atoms with Gasteiger partial charge in [-0.15, -0.1) is 0 Å². The number of rotatable bonds is 3. The lowest BCUT2D eigenvalue weighted by Gasteiger charge is -2.24. The van der Waals surface area contributed by atoms with E-state index in [9.17, 15) is 9.50 Å². The quantitative estimate of drug-likeness (QED) is 0.891. The summed E-state index contributed by atoms with van der Waals surface area (Å²) in [5, 5.41) is 10.5. The van der Waals surface area contributed by atoms with E-state index >= 15 is 0 Å². The molecule has 1 atom stereocenters. The highest BCUT2D eigenvalue weighted by atomic mass is 19.1. The number of nitrogen functional groups attached to an aromatic ring is 1. The average Bonchev–Trinajstić information content (AvgIpc) is 2.32. The minimum Gasteiger partial charge on any atom is -0.385 e. The van der Waals surface area contributed by atoms with Gasteiger partial charge in [-0.25, -0.2) is 9.37 Å². The third-order valence-corrected chi connectivity index (χ3v) is 3.19. The topological polar surface area (TPSA) is 59.1 Å². The zero-order valence-corrected chi connectivity index (χ0v) is 11.0. The molecule has 0 radical (unpaired) electrons. The Balaban J connectivity index is 2.29. The van der Waals surface area contributed by atoms with Crippen LogP contribution in [0.1, 0.15) is 23.6 Å². The van der Waals surface area contributed by atoms with E-state index in [1.807, 2.05) is 0 Å². The van der Waals surface area contributed by atoms with E-state index in [2.05, 4.69) is 4.98 Å². The van der Waals surface area contributed by atoms with Gasteiger partial charge in [-0.05, 0) is 48.7 Å². The Labute approximate surface area is 111 Å². The smallest absolute Gasteiger partial charge is 0.126 e. The van der Waals surface area contributed by atoms with Gasteiger partial charge in [0.05, 0.1) is 5.60 Å². The lowest BCUT2D eigenvalue weighted by Crippen LogP contribution is -2.24. The van der Waals surface area contributed by atoms with Crippen molar-refractivity contribution in [1.82, 2.24) is 4.98 Å². The zero-order chi connectivity index (χ0) is 14.0. The van der Waals surface area contributed by atoms with Gasteiger partial charge in [0.15, 0.2) is 0 Å². The van der Waals surface area contributed by atoms with Gasteiger partial charge in [0.25, 0.3) is 0 Å². The fraction of sp³-hybridized carbons (Fsp3) is 0.267. The first-order valence-electron chi connectivity index (χ1n) is 6.08. The van der Waals surface area contributed by atoms with Gasteiger partial charge in [0, 0.05) is 12.6 Å². The second-order valence-electron chi connectivity index (χ2n) is 5.00. The van der Waals surface area contributed by atoms with Crippen LogP contribution < -0.4 is 5.73 Å². The first-order valence-corrected chi connectivity index (χ1v) is 6.08. The first-order chi connectivity index (χ1) is 8.88. The van der Waals surface area contributed by atoms with Crippen molar-refractivity contribution in [1.29, 1.82) is 0 Å². The van der Waals surface area contributed by atoms with Crippen molar-refractivity contribution in [2.24, 2.45) is 0 Å². The molecule has 1 aromatic heterocycles. The molecule has 3 nitrogen and oxygen atoms in total. The Morgan fingerprint density at radius 1 is 1.32 bits per heavy atom. The molecule has 0 aliphatic heterocycles. The van der Waals surface area contributed by atoms with Crippen LogP contribution in [0.2, 0.25) is 0 Å². The molecule has 0 spiro atoms. The van der Waals surface area contributed by atoms with Gasteiger partial charge < -0.3 is 10.8 Å². The minimum atomic E-state index is -1.15. The second-order valence-corrected chi connectivity index (χ2v) is 5.00. The van der Waals surface area contributed by atoms with Crippen LogP contribution in [0.25, 0.3) is 0 Å². The van der Waals surface area contributed by atoms with E-state index in [4.69, 9.17) is 5.73 Å². The molecule has 1 aromatic carbocycles. The number of aliphatic hydroxyl groups is 1. The number of hydrogen-bond acceptors (Lipinski definition) is 3. The highest BCUT2D eigenvalue weighted by molar-refractivity contribution is 5.34. The number of halogens is 1. The predicted octanol–water partition coefficient (Wildman–Crippen LogP) is 2.56. The maximum Gasteiger partial charge on any atom is 0.126 e. The van der Waals surface area contributed by atoms with E-state index in [0.717, 1.165) is 5.56 Å². The Morgan fingerprint density at radius 3 is 2.68 bits per heavy atom. The van der Waals surface area contributed by atoms with E-state index < -0.39 is 5.60 Å². The Kier molecular flexibility index (Phi) is 3.53. The largest absolute Gasteiger partial charge is 0.385 e. The Bertz CT molecular complexity index is 596. The van der Waals surface area contributed by atoms with E-state index in [-0.39, 0.29) is 5.82 Å². The molecular formula is C15H17FN2O. The summed E-state index contributed by atoms with van der Waals surface area (Å²) in [7, 11) is 0. The van der Waals surface area contributed by atoms with Crippen LogP contribution in [0.4, 0.5) is 10.2 Å². The zero-order valence-electron chi connectivity index (χ0n) is 11.0. The van der Waals surface area contributed by atoms with E-state index in [1.165, 1.54) is 6.07 Å². The number of nitrogens with zero attached hydrogens (tertiary/aromatic N) is 1. The molecule has 0 aliphatic carbocycles. The average molecular weight is 260 g/mol. The molecule has 1 heterocycles. The minimum absolute atomic E-state index is 0.313. The summed E-state index contributed by atoms with van der Waals surface area (Å²) in [6, 6.07) is 8.28. The molecule has 4 heteroatoms. The molecule has 0 saturated heterocycles. The lowest BCUT2D eigenvalue weighted by molar-refractivity contribution is 0.0573. The molecular weight excluding hydrogens is 243 g/mol. The normalized spacial score (nSPS) is 14.1. The van der Waals surface area contributed by atoms with Gasteiger partial charge in [0.2, 0.25) is 0 Å². The van der Waals surface area contributed by atoms with Crippen molar-refractivity contribution in [2.75, 3.05) is 5.73 Å². The molecule has 1 unspecified atom stereocenters. The number of hydrogen-bond donors (Lipinski definition) is 2. The number of benzene rings is 1. The van der Waals surface area contributed by atoms with Crippen LogP contribution in [0.5, 0.6) is 0 Å². The summed E-state index contributed by atoms with van der Waals surface area (Å²) in [4.78, 5) is 3.90. The second kappa shape index (κ2) is 4.97. The Hall–Kier alpha value is -1.94. The standard InChI is InChI=1S/C15H17FN2O/c1-10-3-4-12(8-13(10)16)15(2,19)9-11-5-6-18-14(17)7-11/h3-8,19H,9H2,1-2H3,(H2,17,18). The molecule has 0 amide bonds. The van der Waals surface area contributed by atoms with Crippen molar-refractivity contribution in [3.63, 3.8) is 0 Å². The van der Waals surface area contributed by atoms with Crippen LogP contribution in [-0.4, -0.2) is 10.1 Å². The van der Waals surface area contributed by atoms with Crippen LogP contribution in [0.3, 0.4) is 0 Å². The molecule has 2 rings (SSSR count). The first kappa shape index (κ1) is 13.5. The van der Waals surface area contributed by atoms with Crippen molar-refractivity contribution >= 4 is 5.82 Å². The highest BCUT2D eigenvalue weighted by Crippen LogP contribution is 2.27. The van der Waals surface area contributed by atoms with Gasteiger partial charge in [0.1, 0.15) is 11.6 Å². The summed E-state index contributed by atoms with van der Waals surface area (Å²) in [5.41, 5.74) is 6.43. The highest BCUT2D eigenvalue weighted by Gasteiger charge is 2.24. The molecule has 100 valence electrons. The number of pyridine rings is 1. The molecule has 0 bridgehead atoms. The molecule has 19 heavy (non-hydrogen) atoms. The van der Waals surface area contributed by atoms with Gasteiger partial charge in [-0.1, -0.05) is 12.1 Å². The Morgan fingerprint density at radius 2 is 2.05 bits per heavy atom. The monoisotopic (exact) mass is 260 g/mol. The van der Waals surface area contributed by atoms with Gasteiger partial charge >= 0.3 is 0 Å².